The monoisotopic (exact) mass is 847 g/mol. The third kappa shape index (κ3) is 32.6. The first kappa shape index (κ1) is 55.9. The van der Waals surface area contributed by atoms with Crippen molar-refractivity contribution in [2.24, 2.45) is 0 Å². The third-order valence-electron chi connectivity index (χ3n) is 10.9. The predicted octanol–water partition coefficient (Wildman–Crippen LogP) is 11.5. The number of allylic oxidation sites excluding steroid dienone is 10. The topological polar surface area (TPSA) is 135 Å². The van der Waals surface area contributed by atoms with Gasteiger partial charge in [-0.1, -0.05) is 190 Å². The lowest BCUT2D eigenvalue weighted by molar-refractivity contribution is -0.305. The summed E-state index contributed by atoms with van der Waals surface area (Å²) < 4.78 is 22.9. The zero-order valence-electron chi connectivity index (χ0n) is 38.2. The Morgan fingerprint density at radius 1 is 0.550 bits per heavy atom. The molecule has 4 N–H and O–H groups in total. The van der Waals surface area contributed by atoms with E-state index >= 15 is 0 Å². The van der Waals surface area contributed by atoms with Crippen molar-refractivity contribution in [2.75, 3.05) is 26.4 Å². The van der Waals surface area contributed by atoms with Crippen LogP contribution in [-0.4, -0.2) is 89.6 Å². The molecular formula is C51H90O9. The van der Waals surface area contributed by atoms with Crippen LogP contribution in [0, 0.1) is 0 Å². The highest BCUT2D eigenvalue weighted by Gasteiger charge is 2.44. The second kappa shape index (κ2) is 42.2. The second-order valence-electron chi connectivity index (χ2n) is 16.5. The Hall–Kier alpha value is -2.11. The first-order valence-electron chi connectivity index (χ1n) is 24.4. The van der Waals surface area contributed by atoms with Crippen LogP contribution in [0.3, 0.4) is 0 Å². The molecule has 0 spiro atoms. The molecule has 6 atom stereocenters. The van der Waals surface area contributed by atoms with Gasteiger partial charge in [0.1, 0.15) is 30.5 Å². The van der Waals surface area contributed by atoms with Crippen LogP contribution >= 0.6 is 0 Å². The zero-order chi connectivity index (χ0) is 43.6. The molecule has 0 aromatic rings. The summed E-state index contributed by atoms with van der Waals surface area (Å²) in [6.07, 6.45) is 46.7. The average molecular weight is 847 g/mol. The molecule has 1 heterocycles. The molecule has 0 saturated carbocycles. The summed E-state index contributed by atoms with van der Waals surface area (Å²) in [5, 5.41) is 40.2. The van der Waals surface area contributed by atoms with E-state index in [0.29, 0.717) is 13.0 Å². The molecule has 6 unspecified atom stereocenters. The van der Waals surface area contributed by atoms with Gasteiger partial charge in [0.25, 0.3) is 0 Å². The van der Waals surface area contributed by atoms with Gasteiger partial charge in [0.05, 0.1) is 19.8 Å². The number of aliphatic hydroxyl groups is 4. The molecular weight excluding hydrogens is 757 g/mol. The fraction of sp³-hybridized carbons (Fsp3) is 0.784. The number of ether oxygens (including phenoxy) is 4. The number of hydrogen-bond acceptors (Lipinski definition) is 9. The van der Waals surface area contributed by atoms with Crippen LogP contribution in [0.2, 0.25) is 0 Å². The van der Waals surface area contributed by atoms with E-state index in [1.807, 2.05) is 0 Å². The number of aliphatic hydroxyl groups excluding tert-OH is 4. The summed E-state index contributed by atoms with van der Waals surface area (Å²) in [6.45, 7) is 4.44. The maximum absolute atomic E-state index is 12.8. The minimum absolute atomic E-state index is 0.122. The van der Waals surface area contributed by atoms with Crippen LogP contribution in [0.4, 0.5) is 0 Å². The minimum Gasteiger partial charge on any atom is -0.457 e. The van der Waals surface area contributed by atoms with Gasteiger partial charge in [0.2, 0.25) is 0 Å². The Labute approximate surface area is 366 Å². The van der Waals surface area contributed by atoms with Crippen molar-refractivity contribution in [3.63, 3.8) is 0 Å². The molecule has 60 heavy (non-hydrogen) atoms. The van der Waals surface area contributed by atoms with Crippen molar-refractivity contribution >= 4 is 5.97 Å². The smallest absolute Gasteiger partial charge is 0.306 e. The summed E-state index contributed by atoms with van der Waals surface area (Å²) in [6, 6.07) is 0. The van der Waals surface area contributed by atoms with Crippen LogP contribution in [0.15, 0.2) is 60.8 Å². The third-order valence-corrected chi connectivity index (χ3v) is 10.9. The standard InChI is InChI=1S/C51H90O9/c1-3-5-7-9-11-13-15-17-19-21-22-23-24-25-26-28-30-32-34-36-38-40-47(53)59-45(44-58-51-50(56)49(55)48(54)46(42-52)60-51)43-57-41-39-37-35-33-31-29-27-20-18-16-14-12-10-8-6-4-2/h5,7,11,13,17,19,22-23,25-26,45-46,48-52,54-56H,3-4,6,8-10,12,14-16,18,20-21,24,27-44H2,1-2H3/b7-5-,13-11-,19-17-,23-22-,26-25-. The number of unbranched alkanes of at least 4 members (excludes halogenated alkanes) is 20. The fourth-order valence-electron chi connectivity index (χ4n) is 7.17. The lowest BCUT2D eigenvalue weighted by Crippen LogP contribution is -2.59. The van der Waals surface area contributed by atoms with Gasteiger partial charge < -0.3 is 39.4 Å². The highest BCUT2D eigenvalue weighted by Crippen LogP contribution is 2.22. The van der Waals surface area contributed by atoms with Crippen molar-refractivity contribution in [3.8, 4) is 0 Å². The number of esters is 1. The summed E-state index contributed by atoms with van der Waals surface area (Å²) in [5.74, 6) is -0.331. The largest absolute Gasteiger partial charge is 0.457 e. The Bertz CT molecular complexity index is 1100. The maximum atomic E-state index is 12.8. The summed E-state index contributed by atoms with van der Waals surface area (Å²) in [5.41, 5.74) is 0. The van der Waals surface area contributed by atoms with E-state index in [1.54, 1.807) is 0 Å². The minimum atomic E-state index is -1.54. The highest BCUT2D eigenvalue weighted by atomic mass is 16.7. The Kier molecular flexibility index (Phi) is 39.3. The van der Waals surface area contributed by atoms with Crippen molar-refractivity contribution in [3.05, 3.63) is 60.8 Å². The van der Waals surface area contributed by atoms with Gasteiger partial charge in [0.15, 0.2) is 6.29 Å². The van der Waals surface area contributed by atoms with Crippen LogP contribution < -0.4 is 0 Å². The Morgan fingerprint density at radius 3 is 1.53 bits per heavy atom. The van der Waals surface area contributed by atoms with Gasteiger partial charge in [-0.25, -0.2) is 0 Å². The molecule has 348 valence electrons. The molecule has 0 amide bonds. The molecule has 1 saturated heterocycles. The Balaban J connectivity index is 2.25. The lowest BCUT2D eigenvalue weighted by Gasteiger charge is -2.39. The van der Waals surface area contributed by atoms with Crippen molar-refractivity contribution < 1.29 is 44.2 Å². The van der Waals surface area contributed by atoms with E-state index in [1.165, 1.54) is 89.9 Å². The van der Waals surface area contributed by atoms with Crippen LogP contribution in [-0.2, 0) is 23.7 Å². The van der Waals surface area contributed by atoms with E-state index in [9.17, 15) is 25.2 Å². The van der Waals surface area contributed by atoms with E-state index in [2.05, 4.69) is 74.6 Å². The fourth-order valence-corrected chi connectivity index (χ4v) is 7.17. The van der Waals surface area contributed by atoms with Crippen molar-refractivity contribution in [2.45, 2.75) is 230 Å². The lowest BCUT2D eigenvalue weighted by atomic mass is 9.99. The molecule has 0 aromatic carbocycles. The van der Waals surface area contributed by atoms with Crippen molar-refractivity contribution in [1.29, 1.82) is 0 Å². The first-order valence-corrected chi connectivity index (χ1v) is 24.4. The van der Waals surface area contributed by atoms with E-state index in [-0.39, 0.29) is 19.2 Å². The molecule has 0 bridgehead atoms. The molecule has 1 fully saturated rings. The second-order valence-corrected chi connectivity index (χ2v) is 16.5. The summed E-state index contributed by atoms with van der Waals surface area (Å²) in [4.78, 5) is 12.8. The molecule has 0 aliphatic carbocycles. The quantitative estimate of drug-likeness (QED) is 0.0269. The van der Waals surface area contributed by atoms with Crippen LogP contribution in [0.1, 0.15) is 194 Å². The number of rotatable bonds is 41. The van der Waals surface area contributed by atoms with Gasteiger partial charge in [-0.05, 0) is 57.8 Å². The maximum Gasteiger partial charge on any atom is 0.306 e. The van der Waals surface area contributed by atoms with Crippen LogP contribution in [0.25, 0.3) is 0 Å². The van der Waals surface area contributed by atoms with E-state index in [4.69, 9.17) is 18.9 Å². The normalized spacial score (nSPS) is 20.5. The average Bonchev–Trinajstić information content (AvgIpc) is 3.25. The van der Waals surface area contributed by atoms with Gasteiger partial charge in [0, 0.05) is 13.0 Å². The molecule has 1 rings (SSSR count). The number of carbonyl (C=O) groups is 1. The van der Waals surface area contributed by atoms with Gasteiger partial charge >= 0.3 is 5.97 Å². The molecule has 0 radical (unpaired) electrons. The highest BCUT2D eigenvalue weighted by molar-refractivity contribution is 5.69. The van der Waals surface area contributed by atoms with Gasteiger partial charge in [-0.15, -0.1) is 0 Å². The Morgan fingerprint density at radius 2 is 1.02 bits per heavy atom. The van der Waals surface area contributed by atoms with E-state index < -0.39 is 43.4 Å². The van der Waals surface area contributed by atoms with Crippen LogP contribution in [0.5, 0.6) is 0 Å². The molecule has 9 heteroatoms. The summed E-state index contributed by atoms with van der Waals surface area (Å²) >= 11 is 0. The summed E-state index contributed by atoms with van der Waals surface area (Å²) in [7, 11) is 0. The molecule has 0 aromatic heterocycles. The zero-order valence-corrected chi connectivity index (χ0v) is 38.2. The van der Waals surface area contributed by atoms with Gasteiger partial charge in [-0.2, -0.15) is 0 Å². The van der Waals surface area contributed by atoms with Gasteiger partial charge in [-0.3, -0.25) is 4.79 Å². The molecule has 9 nitrogen and oxygen atoms in total. The van der Waals surface area contributed by atoms with E-state index in [0.717, 1.165) is 83.5 Å². The molecule has 1 aliphatic rings. The molecule has 1 aliphatic heterocycles. The van der Waals surface area contributed by atoms with Crippen molar-refractivity contribution in [1.82, 2.24) is 0 Å². The predicted molar refractivity (Wildman–Crippen MR) is 247 cm³/mol. The number of carbonyl (C=O) groups excluding carboxylic acids is 1. The first-order chi connectivity index (χ1) is 29.4. The SMILES string of the molecule is CC/C=C\C/C=C\C/C=C\C/C=C\C/C=C\CCCCCCCC(=O)OC(COCCCCCCCCCCCCCCCCCC)COC1OC(CO)C(O)C(O)C1O. The number of hydrogen-bond donors (Lipinski definition) is 4.